The minimum absolute atomic E-state index is 0.159. The first-order chi connectivity index (χ1) is 9.65. The molecule has 1 aliphatic rings. The van der Waals surface area contributed by atoms with E-state index in [9.17, 15) is 0 Å². The summed E-state index contributed by atoms with van der Waals surface area (Å²) in [4.78, 5) is 2.29. The van der Waals surface area contributed by atoms with E-state index in [0.717, 1.165) is 43.8 Å². The van der Waals surface area contributed by atoms with Gasteiger partial charge in [0.1, 0.15) is 0 Å². The summed E-state index contributed by atoms with van der Waals surface area (Å²) in [7, 11) is 0. The summed E-state index contributed by atoms with van der Waals surface area (Å²) >= 11 is 0. The SMILES string of the molecule is CCOC1CCN(c2cc(C)ccc2C(N)=NO)CC1. The third-order valence-electron chi connectivity index (χ3n) is 3.72. The third kappa shape index (κ3) is 3.22. The highest BCUT2D eigenvalue weighted by molar-refractivity contribution is 6.02. The number of piperidine rings is 1. The lowest BCUT2D eigenvalue weighted by Gasteiger charge is -2.34. The van der Waals surface area contributed by atoms with Gasteiger partial charge in [-0.1, -0.05) is 11.2 Å². The van der Waals surface area contributed by atoms with Gasteiger partial charge in [-0.15, -0.1) is 0 Å². The first-order valence-electron chi connectivity index (χ1n) is 7.10. The predicted octanol–water partition coefficient (Wildman–Crippen LogP) is 2.09. The maximum Gasteiger partial charge on any atom is 0.172 e. The third-order valence-corrected chi connectivity index (χ3v) is 3.72. The van der Waals surface area contributed by atoms with Crippen LogP contribution in [-0.2, 0) is 4.74 Å². The van der Waals surface area contributed by atoms with Crippen LogP contribution in [0.5, 0.6) is 0 Å². The maximum absolute atomic E-state index is 8.92. The fourth-order valence-electron chi connectivity index (χ4n) is 2.67. The van der Waals surface area contributed by atoms with Gasteiger partial charge < -0.3 is 20.6 Å². The van der Waals surface area contributed by atoms with Gasteiger partial charge in [-0.3, -0.25) is 0 Å². The Morgan fingerprint density at radius 1 is 1.45 bits per heavy atom. The number of amidine groups is 1. The van der Waals surface area contributed by atoms with Crippen molar-refractivity contribution in [1.82, 2.24) is 0 Å². The molecule has 110 valence electrons. The zero-order valence-corrected chi connectivity index (χ0v) is 12.2. The maximum atomic E-state index is 8.92. The van der Waals surface area contributed by atoms with Crippen LogP contribution in [-0.4, -0.2) is 36.8 Å². The quantitative estimate of drug-likeness (QED) is 0.382. The zero-order valence-electron chi connectivity index (χ0n) is 12.2. The number of ether oxygens (including phenoxy) is 1. The van der Waals surface area contributed by atoms with Gasteiger partial charge in [0.15, 0.2) is 5.84 Å². The highest BCUT2D eigenvalue weighted by Crippen LogP contribution is 2.26. The fraction of sp³-hybridized carbons (Fsp3) is 0.533. The smallest absolute Gasteiger partial charge is 0.172 e. The van der Waals surface area contributed by atoms with E-state index in [-0.39, 0.29) is 5.84 Å². The molecule has 0 spiro atoms. The van der Waals surface area contributed by atoms with E-state index < -0.39 is 0 Å². The number of anilines is 1. The molecular formula is C15H23N3O2. The number of hydrogen-bond donors (Lipinski definition) is 2. The van der Waals surface area contributed by atoms with E-state index in [1.165, 1.54) is 5.56 Å². The molecule has 0 unspecified atom stereocenters. The Bertz CT molecular complexity index is 480. The van der Waals surface area contributed by atoms with Crippen LogP contribution in [0.2, 0.25) is 0 Å². The van der Waals surface area contributed by atoms with Gasteiger partial charge in [0, 0.05) is 30.9 Å². The summed E-state index contributed by atoms with van der Waals surface area (Å²) in [6.45, 7) is 6.71. The van der Waals surface area contributed by atoms with Crippen LogP contribution >= 0.6 is 0 Å². The second-order valence-corrected chi connectivity index (χ2v) is 5.15. The van der Waals surface area contributed by atoms with Crippen molar-refractivity contribution >= 4 is 11.5 Å². The molecule has 1 aliphatic heterocycles. The Morgan fingerprint density at radius 3 is 2.75 bits per heavy atom. The summed E-state index contributed by atoms with van der Waals surface area (Å²) in [6, 6.07) is 5.98. The van der Waals surface area contributed by atoms with Crippen LogP contribution in [0.25, 0.3) is 0 Å². The minimum atomic E-state index is 0.159. The normalized spacial score (nSPS) is 17.5. The van der Waals surface area contributed by atoms with Gasteiger partial charge in [0.2, 0.25) is 0 Å². The Hall–Kier alpha value is -1.75. The molecule has 0 aliphatic carbocycles. The molecule has 0 aromatic heterocycles. The molecule has 0 radical (unpaired) electrons. The van der Waals surface area contributed by atoms with Gasteiger partial charge in [-0.05, 0) is 44.4 Å². The Balaban J connectivity index is 2.18. The van der Waals surface area contributed by atoms with E-state index >= 15 is 0 Å². The van der Waals surface area contributed by atoms with Crippen molar-refractivity contribution in [3.8, 4) is 0 Å². The van der Waals surface area contributed by atoms with Crippen molar-refractivity contribution in [3.05, 3.63) is 29.3 Å². The van der Waals surface area contributed by atoms with Crippen molar-refractivity contribution in [2.45, 2.75) is 32.8 Å². The molecule has 1 saturated heterocycles. The van der Waals surface area contributed by atoms with Crippen molar-refractivity contribution in [1.29, 1.82) is 0 Å². The molecule has 1 fully saturated rings. The van der Waals surface area contributed by atoms with Crippen molar-refractivity contribution in [2.75, 3.05) is 24.6 Å². The standard InChI is InChI=1S/C15H23N3O2/c1-3-20-12-6-8-18(9-7-12)14-10-11(2)4-5-13(14)15(16)17-19/h4-5,10,12,19H,3,6-9H2,1-2H3,(H2,16,17). The number of nitrogens with zero attached hydrogens (tertiary/aromatic N) is 2. The summed E-state index contributed by atoms with van der Waals surface area (Å²) in [5, 5.41) is 12.0. The molecule has 5 nitrogen and oxygen atoms in total. The Morgan fingerprint density at radius 2 is 2.15 bits per heavy atom. The topological polar surface area (TPSA) is 71.1 Å². The summed E-state index contributed by atoms with van der Waals surface area (Å²) in [5.74, 6) is 0.159. The van der Waals surface area contributed by atoms with Gasteiger partial charge in [0.25, 0.3) is 0 Å². The summed E-state index contributed by atoms with van der Waals surface area (Å²) < 4.78 is 5.67. The first kappa shape index (κ1) is 14.7. The second-order valence-electron chi connectivity index (χ2n) is 5.15. The zero-order chi connectivity index (χ0) is 14.5. The molecule has 2 rings (SSSR count). The number of benzene rings is 1. The van der Waals surface area contributed by atoms with Crippen LogP contribution < -0.4 is 10.6 Å². The molecule has 5 heteroatoms. The molecule has 1 aromatic carbocycles. The predicted molar refractivity (Wildman–Crippen MR) is 80.6 cm³/mol. The molecule has 0 atom stereocenters. The van der Waals surface area contributed by atoms with E-state index in [0.29, 0.717) is 6.10 Å². The van der Waals surface area contributed by atoms with Gasteiger partial charge >= 0.3 is 0 Å². The van der Waals surface area contributed by atoms with E-state index in [4.69, 9.17) is 15.7 Å². The molecule has 1 aromatic rings. The number of aryl methyl sites for hydroxylation is 1. The molecule has 0 amide bonds. The monoisotopic (exact) mass is 277 g/mol. The first-order valence-corrected chi connectivity index (χ1v) is 7.10. The molecule has 0 saturated carbocycles. The molecule has 0 bridgehead atoms. The fourth-order valence-corrected chi connectivity index (χ4v) is 2.67. The van der Waals surface area contributed by atoms with Crippen molar-refractivity contribution < 1.29 is 9.94 Å². The van der Waals surface area contributed by atoms with E-state index in [2.05, 4.69) is 16.1 Å². The van der Waals surface area contributed by atoms with Crippen LogP contribution in [0, 0.1) is 6.92 Å². The molecule has 20 heavy (non-hydrogen) atoms. The number of rotatable bonds is 4. The van der Waals surface area contributed by atoms with Gasteiger partial charge in [-0.25, -0.2) is 0 Å². The van der Waals surface area contributed by atoms with Crippen molar-refractivity contribution in [3.63, 3.8) is 0 Å². The average Bonchev–Trinajstić information content (AvgIpc) is 2.47. The Kier molecular flexibility index (Phi) is 4.84. The summed E-state index contributed by atoms with van der Waals surface area (Å²) in [5.41, 5.74) is 8.77. The minimum Gasteiger partial charge on any atom is -0.409 e. The van der Waals surface area contributed by atoms with Crippen molar-refractivity contribution in [2.24, 2.45) is 10.9 Å². The van der Waals surface area contributed by atoms with Gasteiger partial charge in [-0.2, -0.15) is 0 Å². The lowest BCUT2D eigenvalue weighted by Crippen LogP contribution is -2.38. The van der Waals surface area contributed by atoms with Crippen LogP contribution in [0.3, 0.4) is 0 Å². The highest BCUT2D eigenvalue weighted by Gasteiger charge is 2.22. The number of hydrogen-bond acceptors (Lipinski definition) is 4. The van der Waals surface area contributed by atoms with Crippen LogP contribution in [0.15, 0.2) is 23.4 Å². The van der Waals surface area contributed by atoms with E-state index in [1.54, 1.807) is 0 Å². The number of nitrogens with two attached hydrogens (primary N) is 1. The van der Waals surface area contributed by atoms with Gasteiger partial charge in [0.05, 0.1) is 6.10 Å². The van der Waals surface area contributed by atoms with Crippen LogP contribution in [0.4, 0.5) is 5.69 Å². The summed E-state index contributed by atoms with van der Waals surface area (Å²) in [6.07, 6.45) is 2.38. The largest absolute Gasteiger partial charge is 0.409 e. The molecule has 3 N–H and O–H groups in total. The lowest BCUT2D eigenvalue weighted by atomic mass is 10.0. The highest BCUT2D eigenvalue weighted by atomic mass is 16.5. The Labute approximate surface area is 120 Å². The molecule has 1 heterocycles. The van der Waals surface area contributed by atoms with E-state index in [1.807, 2.05) is 26.0 Å². The lowest BCUT2D eigenvalue weighted by molar-refractivity contribution is 0.0459. The number of oxime groups is 1. The second kappa shape index (κ2) is 6.61. The molecular weight excluding hydrogens is 254 g/mol. The average molecular weight is 277 g/mol. The van der Waals surface area contributed by atoms with Crippen LogP contribution in [0.1, 0.15) is 30.9 Å².